The monoisotopic (exact) mass is 325 g/mol. The van der Waals surface area contributed by atoms with Crippen LogP contribution in [-0.4, -0.2) is 27.0 Å². The number of carbonyl (C=O) groups is 2. The Balaban J connectivity index is 1.81. The lowest BCUT2D eigenvalue weighted by Crippen LogP contribution is -2.31. The van der Waals surface area contributed by atoms with E-state index >= 15 is 0 Å². The average Bonchev–Trinajstić information content (AvgIpc) is 2.95. The Bertz CT molecular complexity index is 771. The first kappa shape index (κ1) is 15.0. The maximum absolute atomic E-state index is 12.4. The number of H-pyrrole nitrogens is 1. The maximum atomic E-state index is 12.4. The summed E-state index contributed by atoms with van der Waals surface area (Å²) < 4.78 is 37.3. The van der Waals surface area contributed by atoms with Crippen LogP contribution in [0.5, 0.6) is 0 Å². The van der Waals surface area contributed by atoms with E-state index in [1.165, 1.54) is 0 Å². The van der Waals surface area contributed by atoms with E-state index in [-0.39, 0.29) is 12.3 Å². The van der Waals surface area contributed by atoms with E-state index in [9.17, 15) is 22.8 Å². The van der Waals surface area contributed by atoms with Crippen molar-refractivity contribution in [1.29, 1.82) is 0 Å². The Morgan fingerprint density at radius 2 is 2.04 bits per heavy atom. The molecule has 1 aliphatic heterocycles. The molecule has 2 heterocycles. The highest BCUT2D eigenvalue weighted by molar-refractivity contribution is 6.04. The van der Waals surface area contributed by atoms with E-state index in [1.54, 1.807) is 29.4 Å². The first-order valence-electron chi connectivity index (χ1n) is 6.54. The number of nitrogens with zero attached hydrogens (tertiary/aromatic N) is 2. The minimum absolute atomic E-state index is 0.112. The number of nitrogens with one attached hydrogen (secondary N) is 3. The van der Waals surface area contributed by atoms with Gasteiger partial charge in [0.2, 0.25) is 23.6 Å². The number of alkyl halides is 3. The van der Waals surface area contributed by atoms with Gasteiger partial charge in [-0.25, -0.2) is 0 Å². The van der Waals surface area contributed by atoms with Crippen LogP contribution in [-0.2, 0) is 15.8 Å². The van der Waals surface area contributed by atoms with E-state index < -0.39 is 29.8 Å². The molecule has 0 saturated heterocycles. The van der Waals surface area contributed by atoms with Crippen molar-refractivity contribution >= 4 is 23.5 Å². The van der Waals surface area contributed by atoms with Crippen LogP contribution < -0.4 is 10.6 Å². The van der Waals surface area contributed by atoms with Crippen molar-refractivity contribution in [2.75, 3.05) is 10.6 Å². The highest BCUT2D eigenvalue weighted by atomic mass is 19.4. The number of aromatic nitrogens is 3. The molecule has 1 atom stereocenters. The maximum Gasteiger partial charge on any atom is 0.451 e. The molecular weight excluding hydrogens is 315 g/mol. The molecular formula is C13H10F3N5O2. The summed E-state index contributed by atoms with van der Waals surface area (Å²) in [6.45, 7) is 0. The summed E-state index contributed by atoms with van der Waals surface area (Å²) in [5.74, 6) is -3.64. The summed E-state index contributed by atoms with van der Waals surface area (Å²) in [7, 11) is 0. The smallest absolute Gasteiger partial charge is 0.326 e. The topological polar surface area (TPSA) is 99.8 Å². The zero-order chi connectivity index (χ0) is 16.6. The largest absolute Gasteiger partial charge is 0.451 e. The molecule has 120 valence electrons. The summed E-state index contributed by atoms with van der Waals surface area (Å²) in [6.07, 6.45) is -4.80. The number of hydrogen-bond donors (Lipinski definition) is 3. The van der Waals surface area contributed by atoms with Crippen LogP contribution >= 0.6 is 0 Å². The number of aromatic amines is 1. The van der Waals surface area contributed by atoms with E-state index in [4.69, 9.17) is 0 Å². The molecule has 0 saturated carbocycles. The van der Waals surface area contributed by atoms with Gasteiger partial charge < -0.3 is 5.32 Å². The molecule has 0 radical (unpaired) electrons. The normalized spacial score (nSPS) is 17.3. The van der Waals surface area contributed by atoms with Crippen LogP contribution in [0.15, 0.2) is 24.3 Å². The third-order valence-electron chi connectivity index (χ3n) is 3.31. The number of halogens is 3. The first-order chi connectivity index (χ1) is 10.8. The molecule has 2 aromatic rings. The molecule has 0 bridgehead atoms. The zero-order valence-corrected chi connectivity index (χ0v) is 11.4. The Kier molecular flexibility index (Phi) is 3.51. The second-order valence-corrected chi connectivity index (χ2v) is 4.89. The number of hydrogen-bond acceptors (Lipinski definition) is 4. The summed E-state index contributed by atoms with van der Waals surface area (Å²) in [4.78, 5) is 27.1. The third kappa shape index (κ3) is 3.00. The Morgan fingerprint density at radius 1 is 1.30 bits per heavy atom. The predicted molar refractivity (Wildman–Crippen MR) is 72.4 cm³/mol. The SMILES string of the molecule is O=C1C[C@H](C(=O)Nc2n[nH]c(C(F)(F)F)n2)c2ccccc2N1. The second kappa shape index (κ2) is 5.38. The van der Waals surface area contributed by atoms with E-state index in [2.05, 4.69) is 20.7 Å². The molecule has 2 amide bonds. The van der Waals surface area contributed by atoms with Crippen LogP contribution in [0.2, 0.25) is 0 Å². The molecule has 3 rings (SSSR count). The molecule has 1 aliphatic rings. The molecule has 0 fully saturated rings. The molecule has 23 heavy (non-hydrogen) atoms. The van der Waals surface area contributed by atoms with Gasteiger partial charge in [0.05, 0.1) is 5.92 Å². The van der Waals surface area contributed by atoms with Gasteiger partial charge in [-0.15, -0.1) is 5.10 Å². The predicted octanol–water partition coefficient (Wildman–Crippen LogP) is 1.89. The van der Waals surface area contributed by atoms with Gasteiger partial charge in [0.1, 0.15) is 0 Å². The van der Waals surface area contributed by atoms with Crippen LogP contribution in [0.4, 0.5) is 24.8 Å². The average molecular weight is 325 g/mol. The highest BCUT2D eigenvalue weighted by Gasteiger charge is 2.36. The minimum Gasteiger partial charge on any atom is -0.326 e. The van der Waals surface area contributed by atoms with E-state index in [1.807, 2.05) is 0 Å². The van der Waals surface area contributed by atoms with Gasteiger partial charge in [-0.1, -0.05) is 18.2 Å². The number of para-hydroxylation sites is 1. The first-order valence-corrected chi connectivity index (χ1v) is 6.54. The summed E-state index contributed by atoms with van der Waals surface area (Å²) in [6, 6.07) is 6.70. The molecule has 10 heteroatoms. The number of fused-ring (bicyclic) bond motifs is 1. The minimum atomic E-state index is -4.69. The quantitative estimate of drug-likeness (QED) is 0.785. The summed E-state index contributed by atoms with van der Waals surface area (Å²) in [5, 5.41) is 9.83. The molecule has 0 spiro atoms. The number of benzene rings is 1. The third-order valence-corrected chi connectivity index (χ3v) is 3.31. The molecule has 1 aromatic carbocycles. The van der Waals surface area contributed by atoms with Crippen LogP contribution in [0, 0.1) is 0 Å². The van der Waals surface area contributed by atoms with Crippen molar-refractivity contribution in [1.82, 2.24) is 15.2 Å². The van der Waals surface area contributed by atoms with Gasteiger partial charge in [0.25, 0.3) is 0 Å². The summed E-state index contributed by atoms with van der Waals surface area (Å²) >= 11 is 0. The van der Waals surface area contributed by atoms with Crippen LogP contribution in [0.1, 0.15) is 23.7 Å². The molecule has 3 N–H and O–H groups in total. The van der Waals surface area contributed by atoms with Gasteiger partial charge in [-0.3, -0.25) is 20.0 Å². The van der Waals surface area contributed by atoms with Gasteiger partial charge in [0.15, 0.2) is 0 Å². The molecule has 0 aliphatic carbocycles. The standard InChI is InChI=1S/C13H10F3N5O2/c14-13(15,16)11-19-12(21-20-11)18-10(23)7-5-9(22)17-8-4-2-1-3-6(7)8/h1-4,7H,5H2,(H,17,22)(H2,18,19,20,21,23)/t7-/m0/s1. The van der Waals surface area contributed by atoms with Crippen molar-refractivity contribution in [3.05, 3.63) is 35.7 Å². The Labute approximate surface area is 127 Å². The fraction of sp³-hybridized carbons (Fsp3) is 0.231. The number of anilines is 2. The second-order valence-electron chi connectivity index (χ2n) is 4.89. The molecule has 0 unspecified atom stereocenters. The van der Waals surface area contributed by atoms with Crippen LogP contribution in [0.25, 0.3) is 0 Å². The lowest BCUT2D eigenvalue weighted by atomic mass is 9.90. The van der Waals surface area contributed by atoms with Crippen molar-refractivity contribution in [3.63, 3.8) is 0 Å². The van der Waals surface area contributed by atoms with Gasteiger partial charge in [-0.05, 0) is 11.6 Å². The molecule has 1 aromatic heterocycles. The van der Waals surface area contributed by atoms with Gasteiger partial charge >= 0.3 is 6.18 Å². The van der Waals surface area contributed by atoms with Crippen molar-refractivity contribution in [2.24, 2.45) is 0 Å². The molecule has 7 nitrogen and oxygen atoms in total. The van der Waals surface area contributed by atoms with Crippen molar-refractivity contribution < 1.29 is 22.8 Å². The lowest BCUT2D eigenvalue weighted by molar-refractivity contribution is -0.144. The van der Waals surface area contributed by atoms with E-state index in [0.717, 1.165) is 0 Å². The summed E-state index contributed by atoms with van der Waals surface area (Å²) in [5.41, 5.74) is 1.08. The van der Waals surface area contributed by atoms with Crippen molar-refractivity contribution in [2.45, 2.75) is 18.5 Å². The number of amides is 2. The number of rotatable bonds is 2. The fourth-order valence-electron chi connectivity index (χ4n) is 2.29. The van der Waals surface area contributed by atoms with Gasteiger partial charge in [-0.2, -0.15) is 18.2 Å². The van der Waals surface area contributed by atoms with Gasteiger partial charge in [0, 0.05) is 12.1 Å². The van der Waals surface area contributed by atoms with Crippen LogP contribution in [0.3, 0.4) is 0 Å². The Hall–Kier alpha value is -2.91. The zero-order valence-electron chi connectivity index (χ0n) is 11.4. The number of carbonyl (C=O) groups excluding carboxylic acids is 2. The van der Waals surface area contributed by atoms with Crippen molar-refractivity contribution in [3.8, 4) is 0 Å². The van der Waals surface area contributed by atoms with E-state index in [0.29, 0.717) is 11.3 Å². The lowest BCUT2D eigenvalue weighted by Gasteiger charge is -2.24. The fourth-order valence-corrected chi connectivity index (χ4v) is 2.29. The highest BCUT2D eigenvalue weighted by Crippen LogP contribution is 2.33. The Morgan fingerprint density at radius 3 is 2.74 bits per heavy atom.